The standard InChI is InChI=1S/C12H23NO2S2/c1-9(2)5-10(6-12(14)13-15)3-4-11-7-16-17-8-11/h9-11,15H,3-8H2,1-2H3,(H,13,14). The molecule has 3 nitrogen and oxygen atoms in total. The minimum absolute atomic E-state index is 0.245. The molecule has 1 unspecified atom stereocenters. The van der Waals surface area contributed by atoms with E-state index in [0.717, 1.165) is 18.8 Å². The first kappa shape index (κ1) is 15.2. The van der Waals surface area contributed by atoms with Crippen LogP contribution in [-0.2, 0) is 4.79 Å². The highest BCUT2D eigenvalue weighted by atomic mass is 33.1. The largest absolute Gasteiger partial charge is 0.289 e. The Labute approximate surface area is 112 Å². The Morgan fingerprint density at radius 2 is 2.06 bits per heavy atom. The molecule has 0 aliphatic carbocycles. The Bertz CT molecular complexity index is 231. The lowest BCUT2D eigenvalue weighted by Crippen LogP contribution is -2.23. The lowest BCUT2D eigenvalue weighted by molar-refractivity contribution is -0.130. The molecule has 1 aliphatic heterocycles. The van der Waals surface area contributed by atoms with Crippen LogP contribution in [0, 0.1) is 17.8 Å². The van der Waals surface area contributed by atoms with E-state index in [1.807, 2.05) is 21.6 Å². The number of hydrogen-bond donors (Lipinski definition) is 2. The average molecular weight is 277 g/mol. The van der Waals surface area contributed by atoms with Crippen molar-refractivity contribution in [3.63, 3.8) is 0 Å². The number of carbonyl (C=O) groups is 1. The van der Waals surface area contributed by atoms with E-state index in [1.54, 1.807) is 5.48 Å². The molecule has 1 heterocycles. The van der Waals surface area contributed by atoms with Gasteiger partial charge in [0.25, 0.3) is 0 Å². The molecular formula is C12H23NO2S2. The van der Waals surface area contributed by atoms with Crippen molar-refractivity contribution >= 4 is 27.5 Å². The summed E-state index contributed by atoms with van der Waals surface area (Å²) in [5.41, 5.74) is 1.75. The van der Waals surface area contributed by atoms with Gasteiger partial charge in [0.1, 0.15) is 0 Å². The quantitative estimate of drug-likeness (QED) is 0.426. The summed E-state index contributed by atoms with van der Waals surface area (Å²) in [5.74, 6) is 4.11. The molecule has 0 aromatic rings. The van der Waals surface area contributed by atoms with E-state index < -0.39 is 0 Å². The summed E-state index contributed by atoms with van der Waals surface area (Å²) in [5, 5.41) is 8.59. The van der Waals surface area contributed by atoms with Gasteiger partial charge in [-0.1, -0.05) is 35.4 Å². The van der Waals surface area contributed by atoms with Gasteiger partial charge in [-0.05, 0) is 37.0 Å². The van der Waals surface area contributed by atoms with Crippen LogP contribution in [0.4, 0.5) is 0 Å². The van der Waals surface area contributed by atoms with Crippen LogP contribution >= 0.6 is 21.6 Å². The van der Waals surface area contributed by atoms with Crippen LogP contribution in [0.15, 0.2) is 0 Å². The molecule has 0 aromatic carbocycles. The molecule has 5 heteroatoms. The van der Waals surface area contributed by atoms with Crippen molar-refractivity contribution in [2.75, 3.05) is 11.5 Å². The monoisotopic (exact) mass is 277 g/mol. The van der Waals surface area contributed by atoms with Gasteiger partial charge in [0.2, 0.25) is 5.91 Å². The normalized spacial score (nSPS) is 18.6. The Kier molecular flexibility index (Phi) is 7.39. The van der Waals surface area contributed by atoms with Crippen molar-refractivity contribution in [2.24, 2.45) is 17.8 Å². The minimum atomic E-state index is -0.245. The second-order valence-corrected chi connectivity index (χ2v) is 7.80. The fraction of sp³-hybridized carbons (Fsp3) is 0.917. The summed E-state index contributed by atoms with van der Waals surface area (Å²) in [6.45, 7) is 4.37. The van der Waals surface area contributed by atoms with Crippen molar-refractivity contribution < 1.29 is 10.0 Å². The molecule has 1 atom stereocenters. The maximum Gasteiger partial charge on any atom is 0.243 e. The van der Waals surface area contributed by atoms with E-state index in [-0.39, 0.29) is 5.91 Å². The molecular weight excluding hydrogens is 254 g/mol. The number of hydroxylamine groups is 1. The number of carbonyl (C=O) groups excluding carboxylic acids is 1. The lowest BCUT2D eigenvalue weighted by atomic mass is 9.88. The maximum absolute atomic E-state index is 11.2. The van der Waals surface area contributed by atoms with Gasteiger partial charge >= 0.3 is 0 Å². The van der Waals surface area contributed by atoms with E-state index in [4.69, 9.17) is 5.21 Å². The summed E-state index contributed by atoms with van der Waals surface area (Å²) in [6, 6.07) is 0. The molecule has 1 rings (SSSR count). The van der Waals surface area contributed by atoms with Crippen molar-refractivity contribution in [3.05, 3.63) is 0 Å². The van der Waals surface area contributed by atoms with Crippen molar-refractivity contribution in [1.29, 1.82) is 0 Å². The van der Waals surface area contributed by atoms with Crippen molar-refractivity contribution in [3.8, 4) is 0 Å². The summed E-state index contributed by atoms with van der Waals surface area (Å²) in [7, 11) is 3.93. The van der Waals surface area contributed by atoms with Gasteiger partial charge in [-0.15, -0.1) is 0 Å². The smallest absolute Gasteiger partial charge is 0.243 e. The predicted octanol–water partition coefficient (Wildman–Crippen LogP) is 3.34. The highest BCUT2D eigenvalue weighted by Crippen LogP contribution is 2.37. The fourth-order valence-corrected chi connectivity index (χ4v) is 5.28. The second kappa shape index (κ2) is 8.27. The van der Waals surface area contributed by atoms with Gasteiger partial charge < -0.3 is 0 Å². The minimum Gasteiger partial charge on any atom is -0.289 e. The van der Waals surface area contributed by atoms with E-state index in [9.17, 15) is 4.79 Å². The lowest BCUT2D eigenvalue weighted by Gasteiger charge is -2.19. The topological polar surface area (TPSA) is 49.3 Å². The molecule has 1 saturated heterocycles. The highest BCUT2D eigenvalue weighted by Gasteiger charge is 2.20. The molecule has 0 radical (unpaired) electrons. The van der Waals surface area contributed by atoms with E-state index in [1.165, 1.54) is 17.9 Å². The van der Waals surface area contributed by atoms with Gasteiger partial charge in [0.05, 0.1) is 0 Å². The van der Waals surface area contributed by atoms with Gasteiger partial charge in [-0.2, -0.15) is 0 Å². The zero-order valence-electron chi connectivity index (χ0n) is 10.6. The third-order valence-corrected chi connectivity index (χ3v) is 5.78. The first-order valence-corrected chi connectivity index (χ1v) is 8.78. The molecule has 0 spiro atoms. The first-order valence-electron chi connectivity index (χ1n) is 6.29. The van der Waals surface area contributed by atoms with Crippen LogP contribution in [0.3, 0.4) is 0 Å². The fourth-order valence-electron chi connectivity index (χ4n) is 2.25. The van der Waals surface area contributed by atoms with Crippen molar-refractivity contribution in [2.45, 2.75) is 39.5 Å². The third kappa shape index (κ3) is 6.58. The van der Waals surface area contributed by atoms with E-state index in [2.05, 4.69) is 13.8 Å². The van der Waals surface area contributed by atoms with Crippen molar-refractivity contribution in [1.82, 2.24) is 5.48 Å². The van der Waals surface area contributed by atoms with Gasteiger partial charge in [-0.25, -0.2) is 5.48 Å². The maximum atomic E-state index is 11.2. The number of amides is 1. The first-order chi connectivity index (χ1) is 8.11. The van der Waals surface area contributed by atoms with Gasteiger partial charge in [0.15, 0.2) is 0 Å². The average Bonchev–Trinajstić information content (AvgIpc) is 2.77. The zero-order chi connectivity index (χ0) is 12.7. The number of rotatable bonds is 7. The summed E-state index contributed by atoms with van der Waals surface area (Å²) in [6.07, 6.45) is 3.86. The van der Waals surface area contributed by atoms with Crippen LogP contribution in [-0.4, -0.2) is 22.6 Å². The Morgan fingerprint density at radius 3 is 2.59 bits per heavy atom. The Balaban J connectivity index is 2.30. The van der Waals surface area contributed by atoms with Gasteiger partial charge in [0, 0.05) is 17.9 Å². The summed E-state index contributed by atoms with van der Waals surface area (Å²) >= 11 is 0. The summed E-state index contributed by atoms with van der Waals surface area (Å²) < 4.78 is 0. The molecule has 2 N–H and O–H groups in total. The number of nitrogens with one attached hydrogen (secondary N) is 1. The van der Waals surface area contributed by atoms with E-state index >= 15 is 0 Å². The molecule has 0 bridgehead atoms. The Morgan fingerprint density at radius 1 is 1.41 bits per heavy atom. The molecule has 1 fully saturated rings. The Hall–Kier alpha value is 0.130. The molecule has 1 aliphatic rings. The highest BCUT2D eigenvalue weighted by molar-refractivity contribution is 8.77. The van der Waals surface area contributed by atoms with Crippen LogP contribution < -0.4 is 5.48 Å². The molecule has 0 saturated carbocycles. The van der Waals surface area contributed by atoms with E-state index in [0.29, 0.717) is 18.3 Å². The zero-order valence-corrected chi connectivity index (χ0v) is 12.3. The molecule has 100 valence electrons. The van der Waals surface area contributed by atoms with Crippen LogP contribution in [0.25, 0.3) is 0 Å². The third-order valence-electron chi connectivity index (χ3n) is 3.08. The molecule has 17 heavy (non-hydrogen) atoms. The van der Waals surface area contributed by atoms with Crippen LogP contribution in [0.1, 0.15) is 39.5 Å². The van der Waals surface area contributed by atoms with Crippen LogP contribution in [0.2, 0.25) is 0 Å². The van der Waals surface area contributed by atoms with Gasteiger partial charge in [-0.3, -0.25) is 10.0 Å². The van der Waals surface area contributed by atoms with Crippen LogP contribution in [0.5, 0.6) is 0 Å². The number of hydrogen-bond acceptors (Lipinski definition) is 4. The SMILES string of the molecule is CC(C)CC(CCC1CSSC1)CC(=O)NO. The second-order valence-electron chi connectivity index (χ2n) is 5.25. The molecule has 0 aromatic heterocycles. The molecule has 1 amide bonds. The predicted molar refractivity (Wildman–Crippen MR) is 75.1 cm³/mol. The summed E-state index contributed by atoms with van der Waals surface area (Å²) in [4.78, 5) is 11.2.